The first-order chi connectivity index (χ1) is 14.1. The van der Waals surface area contributed by atoms with E-state index in [1.54, 1.807) is 0 Å². The van der Waals surface area contributed by atoms with E-state index in [1.165, 1.54) is 11.1 Å². The quantitative estimate of drug-likeness (QED) is 0.513. The summed E-state index contributed by atoms with van der Waals surface area (Å²) in [4.78, 5) is 12.8. The fourth-order valence-electron chi connectivity index (χ4n) is 3.54. The van der Waals surface area contributed by atoms with E-state index in [9.17, 15) is 4.79 Å². The highest BCUT2D eigenvalue weighted by atomic mass is 16.2. The summed E-state index contributed by atoms with van der Waals surface area (Å²) < 4.78 is 1.83. The summed E-state index contributed by atoms with van der Waals surface area (Å²) in [5.74, 6) is -0.0232. The number of rotatable bonds is 6. The van der Waals surface area contributed by atoms with E-state index in [0.717, 1.165) is 28.6 Å². The van der Waals surface area contributed by atoms with Crippen LogP contribution in [-0.2, 0) is 11.2 Å². The van der Waals surface area contributed by atoms with Gasteiger partial charge in [0.1, 0.15) is 11.7 Å². The van der Waals surface area contributed by atoms with Crippen LogP contribution in [0.1, 0.15) is 24.1 Å². The predicted octanol–water partition coefficient (Wildman–Crippen LogP) is 4.93. The molecule has 0 saturated carbocycles. The molecule has 1 heterocycles. The molecular formula is C25H25N3O. The SMILES string of the molecule is Cc1ccc(CCNC(=O)[C@@H](C)n2nc(-c3ccccc3)c3ccccc32)cc1. The van der Waals surface area contributed by atoms with E-state index in [-0.39, 0.29) is 5.91 Å². The standard InChI is InChI=1S/C25H25N3O/c1-18-12-14-20(15-13-18)16-17-26-25(29)19(2)28-23-11-7-6-10-22(23)24(27-28)21-8-4-3-5-9-21/h3-15,19H,16-17H2,1-2H3,(H,26,29)/t19-/m1/s1. The van der Waals surface area contributed by atoms with Crippen LogP contribution in [0.25, 0.3) is 22.2 Å². The number of amides is 1. The summed E-state index contributed by atoms with van der Waals surface area (Å²) in [6.45, 7) is 4.58. The van der Waals surface area contributed by atoms with Crippen LogP contribution in [-0.4, -0.2) is 22.2 Å². The monoisotopic (exact) mass is 383 g/mol. The molecule has 0 unspecified atom stereocenters. The number of hydrogen-bond acceptors (Lipinski definition) is 2. The number of fused-ring (bicyclic) bond motifs is 1. The first-order valence-electron chi connectivity index (χ1n) is 9.99. The van der Waals surface area contributed by atoms with Crippen LogP contribution in [0.2, 0.25) is 0 Å². The van der Waals surface area contributed by atoms with Crippen LogP contribution in [0, 0.1) is 6.92 Å². The van der Waals surface area contributed by atoms with E-state index in [1.807, 2.05) is 60.1 Å². The van der Waals surface area contributed by atoms with E-state index in [4.69, 9.17) is 5.10 Å². The lowest BCUT2D eigenvalue weighted by molar-refractivity contribution is -0.123. The molecule has 1 amide bonds. The maximum absolute atomic E-state index is 12.8. The topological polar surface area (TPSA) is 46.9 Å². The van der Waals surface area contributed by atoms with Crippen molar-refractivity contribution in [3.63, 3.8) is 0 Å². The minimum absolute atomic E-state index is 0.0232. The second-order valence-corrected chi connectivity index (χ2v) is 7.38. The molecule has 29 heavy (non-hydrogen) atoms. The minimum Gasteiger partial charge on any atom is -0.354 e. The van der Waals surface area contributed by atoms with Gasteiger partial charge in [-0.15, -0.1) is 0 Å². The lowest BCUT2D eigenvalue weighted by Crippen LogP contribution is -2.32. The van der Waals surface area contributed by atoms with E-state index >= 15 is 0 Å². The van der Waals surface area contributed by atoms with Crippen molar-refractivity contribution in [1.29, 1.82) is 0 Å². The molecule has 4 nitrogen and oxygen atoms in total. The number of nitrogens with one attached hydrogen (secondary N) is 1. The molecule has 0 aliphatic heterocycles. The third-order valence-electron chi connectivity index (χ3n) is 5.24. The van der Waals surface area contributed by atoms with Crippen LogP contribution in [0.3, 0.4) is 0 Å². The second-order valence-electron chi connectivity index (χ2n) is 7.38. The van der Waals surface area contributed by atoms with Crippen LogP contribution in [0.15, 0.2) is 78.9 Å². The first kappa shape index (κ1) is 18.9. The Hall–Kier alpha value is -3.40. The first-order valence-corrected chi connectivity index (χ1v) is 9.99. The Kier molecular flexibility index (Phi) is 5.43. The zero-order valence-electron chi connectivity index (χ0n) is 16.8. The second kappa shape index (κ2) is 8.31. The van der Waals surface area contributed by atoms with Gasteiger partial charge in [0.2, 0.25) is 5.91 Å². The highest BCUT2D eigenvalue weighted by molar-refractivity contribution is 5.94. The van der Waals surface area contributed by atoms with Gasteiger partial charge in [-0.1, -0.05) is 78.4 Å². The molecule has 0 radical (unpaired) electrons. The predicted molar refractivity (Wildman–Crippen MR) is 118 cm³/mol. The smallest absolute Gasteiger partial charge is 0.244 e. The number of aromatic nitrogens is 2. The highest BCUT2D eigenvalue weighted by Crippen LogP contribution is 2.29. The number of nitrogens with zero attached hydrogens (tertiary/aromatic N) is 2. The van der Waals surface area contributed by atoms with Crippen molar-refractivity contribution < 1.29 is 4.79 Å². The highest BCUT2D eigenvalue weighted by Gasteiger charge is 2.20. The Bertz CT molecular complexity index is 1110. The molecule has 0 fully saturated rings. The van der Waals surface area contributed by atoms with E-state index in [0.29, 0.717) is 6.54 Å². The fraction of sp³-hybridized carbons (Fsp3) is 0.200. The Morgan fingerprint density at radius 1 is 0.966 bits per heavy atom. The largest absolute Gasteiger partial charge is 0.354 e. The van der Waals surface area contributed by atoms with Gasteiger partial charge in [0, 0.05) is 17.5 Å². The van der Waals surface area contributed by atoms with Crippen molar-refractivity contribution in [2.75, 3.05) is 6.54 Å². The maximum Gasteiger partial charge on any atom is 0.244 e. The molecule has 0 bridgehead atoms. The van der Waals surface area contributed by atoms with Crippen LogP contribution in [0.4, 0.5) is 0 Å². The molecule has 0 spiro atoms. The summed E-state index contributed by atoms with van der Waals surface area (Å²) in [6.07, 6.45) is 0.813. The Morgan fingerprint density at radius 2 is 1.66 bits per heavy atom. The lowest BCUT2D eigenvalue weighted by atomic mass is 10.1. The van der Waals surface area contributed by atoms with Crippen molar-refractivity contribution in [2.45, 2.75) is 26.3 Å². The van der Waals surface area contributed by atoms with E-state index in [2.05, 4.69) is 42.6 Å². The summed E-state index contributed by atoms with van der Waals surface area (Å²) >= 11 is 0. The number of aryl methyl sites for hydroxylation is 1. The van der Waals surface area contributed by atoms with Crippen molar-refractivity contribution in [3.8, 4) is 11.3 Å². The molecule has 0 saturated heterocycles. The van der Waals surface area contributed by atoms with Gasteiger partial charge >= 0.3 is 0 Å². The van der Waals surface area contributed by atoms with Crippen molar-refractivity contribution >= 4 is 16.8 Å². The van der Waals surface area contributed by atoms with Gasteiger partial charge in [-0.2, -0.15) is 5.10 Å². The molecule has 4 aromatic rings. The summed E-state index contributed by atoms with van der Waals surface area (Å²) in [5, 5.41) is 8.92. The average molecular weight is 383 g/mol. The molecule has 1 aromatic heterocycles. The third kappa shape index (κ3) is 4.06. The molecule has 1 atom stereocenters. The summed E-state index contributed by atoms with van der Waals surface area (Å²) in [5.41, 5.74) is 5.38. The zero-order chi connectivity index (χ0) is 20.2. The van der Waals surface area contributed by atoms with Gasteiger partial charge in [-0.25, -0.2) is 0 Å². The summed E-state index contributed by atoms with van der Waals surface area (Å²) in [7, 11) is 0. The maximum atomic E-state index is 12.8. The van der Waals surface area contributed by atoms with Gasteiger partial charge in [0.05, 0.1) is 5.52 Å². The normalized spacial score (nSPS) is 12.1. The molecule has 3 aromatic carbocycles. The van der Waals surface area contributed by atoms with E-state index < -0.39 is 6.04 Å². The molecule has 146 valence electrons. The van der Waals surface area contributed by atoms with Crippen LogP contribution in [0.5, 0.6) is 0 Å². The van der Waals surface area contributed by atoms with Crippen molar-refractivity contribution in [3.05, 3.63) is 90.0 Å². The Labute approximate surface area is 171 Å². The zero-order valence-corrected chi connectivity index (χ0v) is 16.8. The minimum atomic E-state index is -0.393. The molecule has 0 aliphatic rings. The van der Waals surface area contributed by atoms with Crippen molar-refractivity contribution in [2.24, 2.45) is 0 Å². The number of carbonyl (C=O) groups is 1. The molecule has 0 aliphatic carbocycles. The number of carbonyl (C=O) groups excluding carboxylic acids is 1. The Balaban J connectivity index is 1.53. The van der Waals surface area contributed by atoms with Crippen LogP contribution < -0.4 is 5.32 Å². The number of para-hydroxylation sites is 1. The average Bonchev–Trinajstić information content (AvgIpc) is 3.15. The fourth-order valence-corrected chi connectivity index (χ4v) is 3.54. The van der Waals surface area contributed by atoms with Gasteiger partial charge in [-0.05, 0) is 31.9 Å². The van der Waals surface area contributed by atoms with Crippen molar-refractivity contribution in [1.82, 2.24) is 15.1 Å². The van der Waals surface area contributed by atoms with Gasteiger partial charge in [0.15, 0.2) is 0 Å². The molecule has 1 N–H and O–H groups in total. The summed E-state index contributed by atoms with van der Waals surface area (Å²) in [6, 6.07) is 26.2. The number of benzene rings is 3. The molecule has 4 rings (SSSR count). The molecular weight excluding hydrogens is 358 g/mol. The third-order valence-corrected chi connectivity index (χ3v) is 5.24. The van der Waals surface area contributed by atoms with Crippen LogP contribution >= 0.6 is 0 Å². The molecule has 4 heteroatoms. The van der Waals surface area contributed by atoms with Gasteiger partial charge in [-0.3, -0.25) is 9.48 Å². The van der Waals surface area contributed by atoms with Gasteiger partial charge in [0.25, 0.3) is 0 Å². The lowest BCUT2D eigenvalue weighted by Gasteiger charge is -2.14. The van der Waals surface area contributed by atoms with Gasteiger partial charge < -0.3 is 5.32 Å². The number of hydrogen-bond donors (Lipinski definition) is 1. The Morgan fingerprint density at radius 3 is 2.41 bits per heavy atom.